The number of nitrogens with zero attached hydrogens (tertiary/aromatic N) is 8. The van der Waals surface area contributed by atoms with Crippen LogP contribution in [0.2, 0.25) is 0 Å². The van der Waals surface area contributed by atoms with E-state index < -0.39 is 15.8 Å². The topological polar surface area (TPSA) is 56.0 Å². The van der Waals surface area contributed by atoms with Crippen LogP contribution in [-0.4, -0.2) is 47.1 Å². The summed E-state index contributed by atoms with van der Waals surface area (Å²) in [4.78, 5) is 10.5. The summed E-state index contributed by atoms with van der Waals surface area (Å²) in [5.74, 6) is 0. The van der Waals surface area contributed by atoms with Crippen molar-refractivity contribution in [3.63, 3.8) is 0 Å². The Morgan fingerprint density at radius 1 is 0.766 bits per heavy atom. The highest BCUT2D eigenvalue weighted by Crippen LogP contribution is 2.69. The molecule has 0 N–H and O–H groups in total. The van der Waals surface area contributed by atoms with Crippen LogP contribution in [0, 0.1) is 0 Å². The normalized spacial score (nSPS) is 22.3. The maximum Gasteiger partial charge on any atom is 0.126 e. The summed E-state index contributed by atoms with van der Waals surface area (Å²) in [6, 6.07) is 49.0. The van der Waals surface area contributed by atoms with Crippen LogP contribution < -0.4 is 19.6 Å². The number of allylic oxidation sites excluding steroid dienone is 6. The van der Waals surface area contributed by atoms with Gasteiger partial charge in [-0.2, -0.15) is 0 Å². The fourth-order valence-corrected chi connectivity index (χ4v) is 16.5. The van der Waals surface area contributed by atoms with Gasteiger partial charge >= 0.3 is 0 Å². The molecule has 0 fully saturated rings. The fourth-order valence-electron chi connectivity index (χ4n) is 10.5. The smallest absolute Gasteiger partial charge is 0.126 e. The summed E-state index contributed by atoms with van der Waals surface area (Å²) in [7, 11) is -2.24. The molecule has 64 heavy (non-hydrogen) atoms. The lowest BCUT2D eigenvalue weighted by molar-refractivity contribution is 0.551. The van der Waals surface area contributed by atoms with Crippen LogP contribution in [-0.2, 0) is 19.1 Å². The molecule has 0 amide bonds. The summed E-state index contributed by atoms with van der Waals surface area (Å²) in [6.07, 6.45) is 15.5. The van der Waals surface area contributed by atoms with Crippen LogP contribution >= 0.6 is 15.8 Å². The predicted molar refractivity (Wildman–Crippen MR) is 271 cm³/mol. The Bertz CT molecular complexity index is 2890. The molecular formula is C54H54N8P2. The average Bonchev–Trinajstić information content (AvgIpc) is 4.04. The van der Waals surface area contributed by atoms with E-state index in [2.05, 4.69) is 202 Å². The molecule has 4 atom stereocenters. The van der Waals surface area contributed by atoms with E-state index in [0.29, 0.717) is 6.54 Å². The van der Waals surface area contributed by atoms with E-state index in [1.54, 1.807) is 0 Å². The maximum absolute atomic E-state index is 5.82. The van der Waals surface area contributed by atoms with E-state index in [-0.39, 0.29) is 12.3 Å². The molecule has 8 nitrogen and oxygen atoms in total. The van der Waals surface area contributed by atoms with Gasteiger partial charge in [0.25, 0.3) is 0 Å². The molecule has 6 heterocycles. The van der Waals surface area contributed by atoms with E-state index >= 15 is 0 Å². The quantitative estimate of drug-likeness (QED) is 0.118. The summed E-state index contributed by atoms with van der Waals surface area (Å²) >= 11 is 0. The van der Waals surface area contributed by atoms with Crippen LogP contribution in [0.5, 0.6) is 0 Å². The molecule has 6 aromatic rings. The number of aromatic nitrogens is 3. The van der Waals surface area contributed by atoms with Crippen LogP contribution in [0.1, 0.15) is 54.3 Å². The summed E-state index contributed by atoms with van der Waals surface area (Å²) in [5, 5.41) is 13.1. The van der Waals surface area contributed by atoms with Crippen molar-refractivity contribution in [2.75, 3.05) is 39.4 Å². The zero-order valence-corrected chi connectivity index (χ0v) is 38.5. The number of fused-ring (bicyclic) bond motifs is 7. The minimum absolute atomic E-state index is 0.000611. The highest BCUT2D eigenvalue weighted by molar-refractivity contribution is 7.75. The molecule has 0 radical (unpaired) electrons. The van der Waals surface area contributed by atoms with Crippen molar-refractivity contribution >= 4 is 55.1 Å². The average molecular weight is 877 g/mol. The lowest BCUT2D eigenvalue weighted by Crippen LogP contribution is -2.44. The van der Waals surface area contributed by atoms with Gasteiger partial charge in [0.05, 0.1) is 40.7 Å². The molecule has 0 saturated heterocycles. The second kappa shape index (κ2) is 17.4. The van der Waals surface area contributed by atoms with Crippen LogP contribution in [0.25, 0.3) is 10.9 Å². The fraction of sp³-hybridized carbons (Fsp3) is 0.222. The SMILES string of the molecule is C=C/C(=C\C=C/C)N1c2ccccc2N2CCCCN3c4ccccc4N4c5ccccc5/C(=C/C21)CC1=C(c2nnn(Cc5ccccc5)c2CC34)[PH](C)=NP1Cc1ccccc1. The molecule has 5 aliphatic heterocycles. The van der Waals surface area contributed by atoms with Gasteiger partial charge in [-0.3, -0.25) is 4.52 Å². The maximum atomic E-state index is 5.82. The number of para-hydroxylation sites is 5. The van der Waals surface area contributed by atoms with E-state index in [9.17, 15) is 0 Å². The van der Waals surface area contributed by atoms with Crippen molar-refractivity contribution in [2.45, 2.75) is 57.6 Å². The molecule has 4 unspecified atom stereocenters. The number of benzene rings is 5. The lowest BCUT2D eigenvalue weighted by atomic mass is 9.97. The first-order chi connectivity index (χ1) is 31.6. The minimum atomic E-state index is -1.36. The number of hydrogen-bond acceptors (Lipinski definition) is 7. The molecular weight excluding hydrogens is 823 g/mol. The van der Waals surface area contributed by atoms with Gasteiger partial charge in [0.15, 0.2) is 0 Å². The van der Waals surface area contributed by atoms with Crippen LogP contribution in [0.4, 0.5) is 28.4 Å². The Hall–Kier alpha value is -6.20. The zero-order chi connectivity index (χ0) is 43.1. The highest BCUT2D eigenvalue weighted by Gasteiger charge is 2.43. The molecule has 320 valence electrons. The molecule has 1 aromatic heterocycles. The molecule has 11 rings (SSSR count). The molecule has 0 aliphatic carbocycles. The monoisotopic (exact) mass is 876 g/mol. The molecule has 5 aromatic carbocycles. The van der Waals surface area contributed by atoms with E-state index in [1.807, 2.05) is 6.08 Å². The largest absolute Gasteiger partial charge is 0.349 e. The second-order valence-electron chi connectivity index (χ2n) is 17.2. The highest BCUT2D eigenvalue weighted by atomic mass is 31.2. The van der Waals surface area contributed by atoms with Crippen molar-refractivity contribution in [2.24, 2.45) is 4.52 Å². The van der Waals surface area contributed by atoms with Gasteiger partial charge in [0, 0.05) is 56.7 Å². The number of anilines is 5. The molecule has 5 aliphatic rings. The Morgan fingerprint density at radius 3 is 2.14 bits per heavy atom. The van der Waals surface area contributed by atoms with Gasteiger partial charge in [-0.05, 0) is 105 Å². The summed E-state index contributed by atoms with van der Waals surface area (Å²) in [5.41, 5.74) is 14.7. The van der Waals surface area contributed by atoms with Gasteiger partial charge in [-0.15, -0.1) is 5.10 Å². The number of rotatable bonds is 7. The molecule has 10 heteroatoms. The van der Waals surface area contributed by atoms with Gasteiger partial charge < -0.3 is 19.6 Å². The molecule has 0 spiro atoms. The van der Waals surface area contributed by atoms with Crippen molar-refractivity contribution < 1.29 is 0 Å². The summed E-state index contributed by atoms with van der Waals surface area (Å²) < 4.78 is 8.03. The standard InChI is InChI=1S/C54H54N8P2/c1-4-6-25-42(5-2)61-47-30-17-15-28-45(47)58-32-19-20-33-59-46-29-16-18-31-48(46)62-44-27-14-13-26-43(44)41(35-51(58)61)34-50-54(63(3)57-64(50)38-40-23-11-8-12-24-40)53-49(36-52(59)62)60(56-55-53)37-39-21-9-7-10-22-39/h4-18,21-31,35,51-52,63H,2,19-20,32-34,36-38H2,1,3H3/b6-4-,41-35+,42-25+. The third-order valence-corrected chi connectivity index (χ3v) is 18.7. The van der Waals surface area contributed by atoms with Gasteiger partial charge in [-0.25, -0.2) is 4.68 Å². The van der Waals surface area contributed by atoms with E-state index in [4.69, 9.17) is 14.8 Å². The van der Waals surface area contributed by atoms with Gasteiger partial charge in [0.1, 0.15) is 18.0 Å². The third kappa shape index (κ3) is 7.18. The predicted octanol–water partition coefficient (Wildman–Crippen LogP) is 13.0. The van der Waals surface area contributed by atoms with Gasteiger partial charge in [0.2, 0.25) is 0 Å². The first kappa shape index (κ1) is 40.6. The first-order valence-corrected chi connectivity index (χ1v) is 26.1. The van der Waals surface area contributed by atoms with Crippen LogP contribution in [0.15, 0.2) is 186 Å². The number of hydrogen-bond donors (Lipinski definition) is 0. The molecule has 0 saturated carbocycles. The Labute approximate surface area is 379 Å². The first-order valence-electron chi connectivity index (χ1n) is 22.7. The van der Waals surface area contributed by atoms with Crippen molar-refractivity contribution in [3.8, 4) is 0 Å². The zero-order valence-electron chi connectivity index (χ0n) is 36.6. The minimum Gasteiger partial charge on any atom is -0.349 e. The van der Waals surface area contributed by atoms with E-state index in [0.717, 1.165) is 56.3 Å². The lowest BCUT2D eigenvalue weighted by Gasteiger charge is -2.35. The Morgan fingerprint density at radius 2 is 1.41 bits per heavy atom. The third-order valence-electron chi connectivity index (χ3n) is 13.4. The molecule has 4 bridgehead atoms. The Balaban J connectivity index is 1.20. The Kier molecular flexibility index (Phi) is 11.0. The van der Waals surface area contributed by atoms with Gasteiger partial charge in [-0.1, -0.05) is 127 Å². The van der Waals surface area contributed by atoms with Crippen molar-refractivity contribution in [1.82, 2.24) is 15.0 Å². The van der Waals surface area contributed by atoms with Crippen molar-refractivity contribution in [1.29, 1.82) is 0 Å². The summed E-state index contributed by atoms with van der Waals surface area (Å²) in [6.45, 7) is 11.4. The van der Waals surface area contributed by atoms with Crippen molar-refractivity contribution in [3.05, 3.63) is 210 Å². The van der Waals surface area contributed by atoms with E-state index in [1.165, 1.54) is 67.0 Å². The second-order valence-corrected chi connectivity index (χ2v) is 21.3. The van der Waals surface area contributed by atoms with Crippen LogP contribution in [0.3, 0.4) is 0 Å².